The number of hydrogen-bond acceptors (Lipinski definition) is 5. The van der Waals surface area contributed by atoms with Gasteiger partial charge >= 0.3 is 0 Å². The molecule has 31 heavy (non-hydrogen) atoms. The third-order valence-corrected chi connectivity index (χ3v) is 6.05. The van der Waals surface area contributed by atoms with Gasteiger partial charge in [-0.25, -0.2) is 0 Å². The van der Waals surface area contributed by atoms with E-state index in [1.54, 1.807) is 13.1 Å². The lowest BCUT2D eigenvalue weighted by molar-refractivity contribution is -0.134. The minimum absolute atomic E-state index is 0.0253. The van der Waals surface area contributed by atoms with Crippen molar-refractivity contribution in [2.24, 2.45) is 0 Å². The number of likely N-dealkylation sites (N-methyl/N-ethyl adjacent to an activating group) is 1. The quantitative estimate of drug-likeness (QED) is 0.553. The van der Waals surface area contributed by atoms with Crippen molar-refractivity contribution in [3.63, 3.8) is 0 Å². The first kappa shape index (κ1) is 24.5. The average molecular weight is 443 g/mol. The second kappa shape index (κ2) is 11.0. The van der Waals surface area contributed by atoms with E-state index in [0.29, 0.717) is 4.88 Å². The Hall–Kier alpha value is -2.80. The molecule has 7 heteroatoms. The Balaban J connectivity index is 1.75. The minimum atomic E-state index is -0.283. The zero-order valence-corrected chi connectivity index (χ0v) is 19.6. The average Bonchev–Trinajstić information content (AvgIpc) is 3.13. The molecule has 166 valence electrons. The number of thiophene rings is 1. The Bertz CT molecular complexity index is 970. The topological polar surface area (TPSA) is 83.6 Å². The van der Waals surface area contributed by atoms with Crippen molar-refractivity contribution in [3.8, 4) is 0 Å². The molecule has 0 unspecified atom stereocenters. The Morgan fingerprint density at radius 3 is 2.10 bits per heavy atom. The van der Waals surface area contributed by atoms with E-state index < -0.39 is 0 Å². The van der Waals surface area contributed by atoms with E-state index in [9.17, 15) is 19.2 Å². The molecule has 1 N–H and O–H groups in total. The van der Waals surface area contributed by atoms with Gasteiger partial charge in [-0.05, 0) is 51.0 Å². The Morgan fingerprint density at radius 2 is 1.52 bits per heavy atom. The van der Waals surface area contributed by atoms with Crippen LogP contribution in [0.3, 0.4) is 0 Å². The van der Waals surface area contributed by atoms with Gasteiger partial charge in [-0.3, -0.25) is 19.2 Å². The van der Waals surface area contributed by atoms with Crippen LogP contribution in [-0.2, 0) is 14.4 Å². The van der Waals surface area contributed by atoms with Gasteiger partial charge in [0.15, 0.2) is 5.78 Å². The van der Waals surface area contributed by atoms with Crippen molar-refractivity contribution in [2.75, 3.05) is 18.9 Å². The van der Waals surface area contributed by atoms with Crippen LogP contribution in [0, 0.1) is 27.7 Å². The molecule has 0 saturated carbocycles. The van der Waals surface area contributed by atoms with Crippen molar-refractivity contribution in [3.05, 3.63) is 50.7 Å². The van der Waals surface area contributed by atoms with Crippen LogP contribution in [0.1, 0.15) is 56.9 Å². The molecule has 1 aromatic carbocycles. The largest absolute Gasteiger partial charge is 0.336 e. The molecule has 0 radical (unpaired) electrons. The second-order valence-electron chi connectivity index (χ2n) is 7.94. The number of anilines is 1. The van der Waals surface area contributed by atoms with Crippen LogP contribution in [0.4, 0.5) is 5.69 Å². The van der Waals surface area contributed by atoms with Crippen LogP contribution in [0.25, 0.3) is 0 Å². The van der Waals surface area contributed by atoms with Gasteiger partial charge < -0.3 is 10.2 Å². The molecular formula is C24H30N2O4S. The summed E-state index contributed by atoms with van der Waals surface area (Å²) in [6, 6.07) is 7.64. The van der Waals surface area contributed by atoms with Crippen molar-refractivity contribution in [1.82, 2.24) is 4.90 Å². The number of amides is 2. The predicted molar refractivity (Wildman–Crippen MR) is 124 cm³/mol. The summed E-state index contributed by atoms with van der Waals surface area (Å²) in [6.07, 6.45) is 0.370. The van der Waals surface area contributed by atoms with E-state index in [1.807, 2.05) is 45.9 Å². The standard InChI is InChI=1S/C24H30N2O4S/c1-15-12-16(2)24(17(3)13-15)25-22(29)14-26(5)23(30)11-8-19(27)7-9-20(28)21-10-6-18(4)31-21/h6,10,12-13H,7-9,11,14H2,1-5H3,(H,25,29). The molecule has 0 aliphatic heterocycles. The summed E-state index contributed by atoms with van der Waals surface area (Å²) < 4.78 is 0. The number of carbonyl (C=O) groups excluding carboxylic acids is 4. The lowest BCUT2D eigenvalue weighted by Crippen LogP contribution is -2.35. The molecule has 1 heterocycles. The highest BCUT2D eigenvalue weighted by Crippen LogP contribution is 2.22. The number of aryl methyl sites for hydroxylation is 4. The van der Waals surface area contributed by atoms with Gasteiger partial charge in [0.05, 0.1) is 11.4 Å². The van der Waals surface area contributed by atoms with Crippen LogP contribution in [-0.4, -0.2) is 41.9 Å². The van der Waals surface area contributed by atoms with E-state index in [4.69, 9.17) is 0 Å². The van der Waals surface area contributed by atoms with Crippen molar-refractivity contribution in [1.29, 1.82) is 0 Å². The second-order valence-corrected chi connectivity index (χ2v) is 9.23. The Labute approximate surface area is 187 Å². The monoisotopic (exact) mass is 442 g/mol. The van der Waals surface area contributed by atoms with E-state index in [1.165, 1.54) is 16.2 Å². The van der Waals surface area contributed by atoms with Gasteiger partial charge in [0.2, 0.25) is 11.8 Å². The molecule has 0 atom stereocenters. The molecule has 2 rings (SSSR count). The van der Waals surface area contributed by atoms with Gasteiger partial charge in [0.25, 0.3) is 0 Å². The van der Waals surface area contributed by atoms with Crippen molar-refractivity contribution >= 4 is 40.4 Å². The number of benzene rings is 1. The summed E-state index contributed by atoms with van der Waals surface area (Å²) in [5.41, 5.74) is 3.82. The minimum Gasteiger partial charge on any atom is -0.336 e. The van der Waals surface area contributed by atoms with E-state index in [2.05, 4.69) is 5.32 Å². The van der Waals surface area contributed by atoms with Gasteiger partial charge in [-0.1, -0.05) is 17.7 Å². The number of carbonyl (C=O) groups is 4. The molecule has 0 aliphatic carbocycles. The predicted octanol–water partition coefficient (Wildman–Crippen LogP) is 4.39. The first-order valence-electron chi connectivity index (χ1n) is 10.3. The van der Waals surface area contributed by atoms with Crippen LogP contribution >= 0.6 is 11.3 Å². The third-order valence-electron chi connectivity index (χ3n) is 5.01. The maximum absolute atomic E-state index is 12.4. The number of nitrogens with one attached hydrogen (secondary N) is 1. The first-order valence-corrected chi connectivity index (χ1v) is 11.1. The maximum atomic E-state index is 12.4. The number of nitrogens with zero attached hydrogens (tertiary/aromatic N) is 1. The van der Waals surface area contributed by atoms with Gasteiger partial charge in [0.1, 0.15) is 5.78 Å². The number of Topliss-reactive ketones (excluding diaryl/α,β-unsaturated/α-hetero) is 2. The molecule has 0 aliphatic rings. The molecule has 0 saturated heterocycles. The normalized spacial score (nSPS) is 10.6. The Kier molecular flexibility index (Phi) is 8.68. The van der Waals surface area contributed by atoms with E-state index in [0.717, 1.165) is 27.3 Å². The Morgan fingerprint density at radius 1 is 0.903 bits per heavy atom. The summed E-state index contributed by atoms with van der Waals surface area (Å²) in [4.78, 5) is 51.9. The fourth-order valence-electron chi connectivity index (χ4n) is 3.38. The van der Waals surface area contributed by atoms with Gasteiger partial charge in [0, 0.05) is 43.3 Å². The summed E-state index contributed by atoms with van der Waals surface area (Å²) >= 11 is 1.42. The lowest BCUT2D eigenvalue weighted by atomic mass is 10.1. The van der Waals surface area contributed by atoms with Crippen LogP contribution in [0.5, 0.6) is 0 Å². The maximum Gasteiger partial charge on any atom is 0.243 e. The fraction of sp³-hybridized carbons (Fsp3) is 0.417. The molecular weight excluding hydrogens is 412 g/mol. The zero-order valence-electron chi connectivity index (χ0n) is 18.8. The van der Waals surface area contributed by atoms with E-state index in [-0.39, 0.29) is 55.6 Å². The molecule has 2 aromatic rings. The highest BCUT2D eigenvalue weighted by Gasteiger charge is 2.17. The highest BCUT2D eigenvalue weighted by atomic mass is 32.1. The van der Waals surface area contributed by atoms with Crippen LogP contribution in [0.2, 0.25) is 0 Å². The van der Waals surface area contributed by atoms with Crippen molar-refractivity contribution < 1.29 is 19.2 Å². The van der Waals surface area contributed by atoms with Crippen molar-refractivity contribution in [2.45, 2.75) is 53.4 Å². The van der Waals surface area contributed by atoms with Crippen LogP contribution < -0.4 is 5.32 Å². The molecule has 0 fully saturated rings. The zero-order chi connectivity index (χ0) is 23.1. The van der Waals surface area contributed by atoms with Gasteiger partial charge in [-0.15, -0.1) is 11.3 Å². The summed E-state index contributed by atoms with van der Waals surface area (Å²) in [6.45, 7) is 7.70. The summed E-state index contributed by atoms with van der Waals surface area (Å²) in [5, 5.41) is 2.87. The highest BCUT2D eigenvalue weighted by molar-refractivity contribution is 7.14. The fourth-order valence-corrected chi connectivity index (χ4v) is 4.22. The third kappa shape index (κ3) is 7.43. The van der Waals surface area contributed by atoms with E-state index >= 15 is 0 Å². The number of hydrogen-bond donors (Lipinski definition) is 1. The molecule has 0 bridgehead atoms. The lowest BCUT2D eigenvalue weighted by Gasteiger charge is -2.18. The summed E-state index contributed by atoms with van der Waals surface area (Å²) in [7, 11) is 1.55. The smallest absolute Gasteiger partial charge is 0.243 e. The number of rotatable bonds is 10. The summed E-state index contributed by atoms with van der Waals surface area (Å²) in [5.74, 6) is -0.734. The van der Waals surface area contributed by atoms with Gasteiger partial charge in [-0.2, -0.15) is 0 Å². The molecule has 0 spiro atoms. The van der Waals surface area contributed by atoms with Crippen LogP contribution in [0.15, 0.2) is 24.3 Å². The molecule has 1 aromatic heterocycles. The number of ketones is 2. The molecule has 6 nitrogen and oxygen atoms in total. The SMILES string of the molecule is Cc1cc(C)c(NC(=O)CN(C)C(=O)CCC(=O)CCC(=O)c2ccc(C)s2)c(C)c1. The molecule has 2 amide bonds. The first-order chi connectivity index (χ1) is 14.6.